The molecule has 2 nitrogen and oxygen atoms in total. The lowest BCUT2D eigenvalue weighted by Gasteiger charge is -2.27. The van der Waals surface area contributed by atoms with Crippen molar-refractivity contribution in [1.29, 1.82) is 0 Å². The number of hydrogen-bond donors (Lipinski definition) is 0. The van der Waals surface area contributed by atoms with Crippen molar-refractivity contribution in [1.82, 2.24) is 0 Å². The Morgan fingerprint density at radius 1 is 0.283 bits per heavy atom. The molecule has 0 aliphatic rings. The lowest BCUT2D eigenvalue weighted by molar-refractivity contribution is 0.670. The normalized spacial score (nSPS) is 11.7. The Morgan fingerprint density at radius 3 is 1.58 bits per heavy atom. The molecule has 0 unspecified atom stereocenters. The second-order valence-corrected chi connectivity index (χ2v) is 15.6. The molecule has 0 aliphatic heterocycles. The number of anilines is 3. The van der Waals surface area contributed by atoms with E-state index in [1.54, 1.807) is 0 Å². The number of benzene rings is 11. The molecule has 0 saturated heterocycles. The summed E-state index contributed by atoms with van der Waals surface area (Å²) in [7, 11) is 0. The van der Waals surface area contributed by atoms with Gasteiger partial charge in [-0.3, -0.25) is 0 Å². The van der Waals surface area contributed by atoms with Crippen LogP contribution in [-0.4, -0.2) is 0 Å². The van der Waals surface area contributed by atoms with E-state index < -0.39 is 0 Å². The number of fused-ring (bicyclic) bond motifs is 9. The largest absolute Gasteiger partial charge is 0.455 e. The van der Waals surface area contributed by atoms with Gasteiger partial charge in [0.05, 0.1) is 0 Å². The van der Waals surface area contributed by atoms with Crippen molar-refractivity contribution >= 4 is 82.1 Å². The fourth-order valence-corrected chi connectivity index (χ4v) is 9.48. The summed E-state index contributed by atoms with van der Waals surface area (Å²) in [5, 5.41) is 12.1. The lowest BCUT2D eigenvalue weighted by Crippen LogP contribution is -2.10. The van der Waals surface area contributed by atoms with Crippen LogP contribution in [0.5, 0.6) is 0 Å². The summed E-state index contributed by atoms with van der Waals surface area (Å²) >= 11 is 0. The maximum atomic E-state index is 6.48. The third kappa shape index (κ3) is 5.50. The van der Waals surface area contributed by atoms with Gasteiger partial charge in [0, 0.05) is 33.4 Å². The van der Waals surface area contributed by atoms with Crippen molar-refractivity contribution in [3.8, 4) is 33.4 Å². The highest BCUT2D eigenvalue weighted by Gasteiger charge is 2.21. The van der Waals surface area contributed by atoms with Gasteiger partial charge in [0.25, 0.3) is 0 Å². The van der Waals surface area contributed by atoms with Crippen LogP contribution in [0, 0.1) is 0 Å². The summed E-state index contributed by atoms with van der Waals surface area (Å²) in [6.07, 6.45) is 0. The van der Waals surface area contributed by atoms with Crippen LogP contribution in [0.3, 0.4) is 0 Å². The minimum atomic E-state index is 0.904. The minimum Gasteiger partial charge on any atom is -0.455 e. The van der Waals surface area contributed by atoms with Crippen molar-refractivity contribution in [3.63, 3.8) is 0 Å². The van der Waals surface area contributed by atoms with E-state index in [9.17, 15) is 0 Å². The van der Waals surface area contributed by atoms with Gasteiger partial charge in [0.15, 0.2) is 0 Å². The molecule has 0 N–H and O–H groups in total. The van der Waals surface area contributed by atoms with Gasteiger partial charge in [0.1, 0.15) is 11.2 Å². The molecule has 1 aromatic heterocycles. The van der Waals surface area contributed by atoms with E-state index in [1.165, 1.54) is 65.3 Å². The van der Waals surface area contributed by atoms with E-state index in [4.69, 9.17) is 4.42 Å². The first-order chi connectivity index (χ1) is 29.8. The fourth-order valence-electron chi connectivity index (χ4n) is 9.48. The van der Waals surface area contributed by atoms with Gasteiger partial charge in [-0.2, -0.15) is 0 Å². The Balaban J connectivity index is 1.10. The van der Waals surface area contributed by atoms with E-state index in [1.807, 2.05) is 12.1 Å². The van der Waals surface area contributed by atoms with Gasteiger partial charge in [-0.15, -0.1) is 0 Å². The van der Waals surface area contributed by atoms with Crippen LogP contribution in [0.2, 0.25) is 0 Å². The summed E-state index contributed by atoms with van der Waals surface area (Å²) in [5.41, 5.74) is 12.1. The molecule has 2 heteroatoms. The molecule has 12 rings (SSSR count). The molecule has 60 heavy (non-hydrogen) atoms. The molecule has 0 spiro atoms. The number of furan rings is 1. The number of para-hydroxylation sites is 2. The van der Waals surface area contributed by atoms with E-state index in [0.29, 0.717) is 0 Å². The molecule has 280 valence electrons. The molecule has 0 amide bonds. The average Bonchev–Trinajstić information content (AvgIpc) is 3.71. The summed E-state index contributed by atoms with van der Waals surface area (Å²) in [6.45, 7) is 0. The summed E-state index contributed by atoms with van der Waals surface area (Å²) in [4.78, 5) is 2.41. The summed E-state index contributed by atoms with van der Waals surface area (Å²) in [5.74, 6) is 0. The Hall–Kier alpha value is -7.94. The first-order valence-corrected chi connectivity index (χ1v) is 20.6. The van der Waals surface area contributed by atoms with E-state index in [-0.39, 0.29) is 0 Å². The Morgan fingerprint density at radius 2 is 0.817 bits per heavy atom. The number of rotatable bonds is 6. The highest BCUT2D eigenvalue weighted by molar-refractivity contribution is 6.22. The second kappa shape index (κ2) is 13.9. The van der Waals surface area contributed by atoms with Gasteiger partial charge in [-0.25, -0.2) is 0 Å². The molecular weight excluding hydrogens is 727 g/mol. The van der Waals surface area contributed by atoms with Gasteiger partial charge in [-0.1, -0.05) is 182 Å². The predicted octanol–water partition coefficient (Wildman–Crippen LogP) is 16.7. The van der Waals surface area contributed by atoms with Crippen molar-refractivity contribution in [3.05, 3.63) is 224 Å². The van der Waals surface area contributed by atoms with Crippen LogP contribution < -0.4 is 4.90 Å². The number of hydrogen-bond acceptors (Lipinski definition) is 2. The zero-order valence-electron chi connectivity index (χ0n) is 32.7. The van der Waals surface area contributed by atoms with Crippen molar-refractivity contribution < 1.29 is 4.42 Å². The fraction of sp³-hybridized carbons (Fsp3) is 0. The smallest absolute Gasteiger partial charge is 0.143 e. The van der Waals surface area contributed by atoms with E-state index in [2.05, 4.69) is 217 Å². The molecular formula is C58H37NO. The molecule has 0 saturated carbocycles. The molecule has 0 fully saturated rings. The zero-order chi connectivity index (χ0) is 39.6. The third-order valence-corrected chi connectivity index (χ3v) is 12.2. The molecule has 0 aliphatic carbocycles. The summed E-state index contributed by atoms with van der Waals surface area (Å²) < 4.78 is 6.48. The molecule has 11 aromatic carbocycles. The van der Waals surface area contributed by atoms with Gasteiger partial charge >= 0.3 is 0 Å². The highest BCUT2D eigenvalue weighted by atomic mass is 16.3. The van der Waals surface area contributed by atoms with Gasteiger partial charge < -0.3 is 9.32 Å². The van der Waals surface area contributed by atoms with Gasteiger partial charge in [0.2, 0.25) is 0 Å². The quantitative estimate of drug-likeness (QED) is 0.157. The number of nitrogens with zero attached hydrogens (tertiary/aromatic N) is 1. The van der Waals surface area contributed by atoms with Crippen molar-refractivity contribution in [2.75, 3.05) is 4.90 Å². The Bertz CT molecular complexity index is 3590. The molecule has 12 aromatic rings. The molecule has 1 heterocycles. The molecule has 0 atom stereocenters. The van der Waals surface area contributed by atoms with Gasteiger partial charge in [-0.05, 0) is 113 Å². The minimum absolute atomic E-state index is 0.904. The third-order valence-electron chi connectivity index (χ3n) is 12.2. The molecule has 0 radical (unpaired) electrons. The topological polar surface area (TPSA) is 16.4 Å². The standard InChI is InChI=1S/C58H37NO/c1-3-15-40(16-4-1)56-52-22-10-9-20-49(52)50-35-33-45(37-54(50)57(56)41-17-5-2-6-18-41)59(44-32-34-47-42(36-44)27-26-38-14-7-8-19-46(38)47)43-30-28-39(29-31-43)48-23-13-24-53-51-21-11-12-25-55(51)60-58(48)53/h1-37H. The lowest BCUT2D eigenvalue weighted by atomic mass is 9.85. The first kappa shape index (κ1) is 34.1. The van der Waals surface area contributed by atoms with Crippen LogP contribution >= 0.6 is 0 Å². The maximum absolute atomic E-state index is 6.48. The van der Waals surface area contributed by atoms with Crippen molar-refractivity contribution in [2.24, 2.45) is 0 Å². The molecule has 0 bridgehead atoms. The van der Waals surface area contributed by atoms with E-state index >= 15 is 0 Å². The summed E-state index contributed by atoms with van der Waals surface area (Å²) in [6, 6.07) is 81.3. The van der Waals surface area contributed by atoms with Crippen LogP contribution in [0.15, 0.2) is 229 Å². The van der Waals surface area contributed by atoms with E-state index in [0.717, 1.165) is 50.1 Å². The highest BCUT2D eigenvalue weighted by Crippen LogP contribution is 2.47. The van der Waals surface area contributed by atoms with Crippen molar-refractivity contribution in [2.45, 2.75) is 0 Å². The van der Waals surface area contributed by atoms with Crippen LogP contribution in [0.4, 0.5) is 17.1 Å². The predicted molar refractivity (Wildman–Crippen MR) is 255 cm³/mol. The van der Waals surface area contributed by atoms with Crippen LogP contribution in [-0.2, 0) is 0 Å². The zero-order valence-corrected chi connectivity index (χ0v) is 32.7. The average molecular weight is 764 g/mol. The Labute approximate surface area is 347 Å². The van der Waals surface area contributed by atoms with Crippen LogP contribution in [0.1, 0.15) is 0 Å². The maximum Gasteiger partial charge on any atom is 0.143 e. The second-order valence-electron chi connectivity index (χ2n) is 15.6. The Kier molecular flexibility index (Phi) is 7.89. The van der Waals surface area contributed by atoms with Crippen LogP contribution in [0.25, 0.3) is 98.4 Å². The first-order valence-electron chi connectivity index (χ1n) is 20.6. The monoisotopic (exact) mass is 763 g/mol. The SMILES string of the molecule is c1ccc(-c2c(-c3ccccc3)c3cc(N(c4ccc(-c5cccc6c5oc5ccccc56)cc4)c4ccc5c(ccc6ccccc65)c4)ccc3c3ccccc23)cc1.